The molecule has 0 radical (unpaired) electrons. The molecule has 3 saturated heterocycles. The zero-order valence-electron chi connectivity index (χ0n) is 34.9. The van der Waals surface area contributed by atoms with Crippen LogP contribution >= 0.6 is 0 Å². The Hall–Kier alpha value is -3.82. The Labute approximate surface area is 335 Å². The Morgan fingerprint density at radius 2 is 1.88 bits per heavy atom. The SMILES string of the molecule is CC[C@H]1OC(=O)[C@H](C)C(=O)[C@H](C)[C@@H](O[C@@H]2O[C@H](C)C[C@H](N(C)C)[C@H]2O)[C@@]2(C)C[C@@H](C)C(=NC(C)=O)C[C@@H](OC/C(=N/OCC#Cc3cccc(N)n3)CO2)[C@]1(C)O. The summed E-state index contributed by atoms with van der Waals surface area (Å²) in [6.45, 7) is 12.6. The first-order valence-corrected chi connectivity index (χ1v) is 19.6. The summed E-state index contributed by atoms with van der Waals surface area (Å²) in [5.74, 6) is 1.44. The third-order valence-electron chi connectivity index (χ3n) is 11.1. The first-order valence-electron chi connectivity index (χ1n) is 19.6. The number of nitrogens with zero attached hydrogens (tertiary/aromatic N) is 4. The summed E-state index contributed by atoms with van der Waals surface area (Å²) in [5.41, 5.74) is 3.64. The molecule has 3 aliphatic heterocycles. The topological polar surface area (TPSA) is 214 Å². The predicted octanol–water partition coefficient (Wildman–Crippen LogP) is 2.70. The number of esters is 1. The van der Waals surface area contributed by atoms with Crippen molar-refractivity contribution in [2.24, 2.45) is 27.9 Å². The number of ether oxygens (including phenoxy) is 5. The van der Waals surface area contributed by atoms with E-state index in [2.05, 4.69) is 27.0 Å². The number of nitrogen functional groups attached to an aromatic ring is 1. The van der Waals surface area contributed by atoms with Crippen molar-refractivity contribution in [1.82, 2.24) is 9.88 Å². The summed E-state index contributed by atoms with van der Waals surface area (Å²) in [5, 5.41) is 28.1. The van der Waals surface area contributed by atoms with E-state index in [1.165, 1.54) is 20.8 Å². The van der Waals surface area contributed by atoms with Crippen LogP contribution in [-0.4, -0.2) is 137 Å². The van der Waals surface area contributed by atoms with E-state index >= 15 is 0 Å². The standard InChI is InChI=1S/C41H61N5O11/c1-11-32-41(8,51)33-19-30(43-27(6)47)23(2)20-40(7,53-22-29(21-52-33)45-54-17-13-15-28-14-12-16-34(42)44-28)37(25(4)35(48)26(5)38(50)56-32)57-39-36(49)31(46(9)10)18-24(3)55-39/h12,14,16,23-26,31-33,36-37,39,49,51H,11,17-22H2,1-10H3,(H2,42,44)/b43-30?,45-29-/t23-,24-,25+,26-,31+,32-,33-,36-,37-,39+,40-,41-/m1/s1. The summed E-state index contributed by atoms with van der Waals surface area (Å²) in [6.07, 6.45) is -5.14. The van der Waals surface area contributed by atoms with Gasteiger partial charge in [-0.3, -0.25) is 14.4 Å². The second-order valence-electron chi connectivity index (χ2n) is 16.1. The van der Waals surface area contributed by atoms with E-state index in [0.29, 0.717) is 23.6 Å². The van der Waals surface area contributed by atoms with Crippen molar-refractivity contribution in [2.75, 3.05) is 39.6 Å². The second kappa shape index (κ2) is 19.8. The average Bonchev–Trinajstić information content (AvgIpc) is 3.16. The van der Waals surface area contributed by atoms with Crippen LogP contribution < -0.4 is 5.73 Å². The molecule has 2 bridgehead atoms. The maximum Gasteiger partial charge on any atom is 0.316 e. The molecule has 4 rings (SSSR count). The van der Waals surface area contributed by atoms with Crippen molar-refractivity contribution in [3.8, 4) is 11.8 Å². The zero-order chi connectivity index (χ0) is 42.2. The van der Waals surface area contributed by atoms with Crippen molar-refractivity contribution in [3.63, 3.8) is 0 Å². The number of pyridine rings is 1. The van der Waals surface area contributed by atoms with Crippen molar-refractivity contribution in [1.29, 1.82) is 0 Å². The molecule has 1 aromatic heterocycles. The van der Waals surface area contributed by atoms with Crippen LogP contribution in [0.1, 0.15) is 86.8 Å². The smallest absolute Gasteiger partial charge is 0.316 e. The number of rotatable bonds is 6. The van der Waals surface area contributed by atoms with Crippen LogP contribution in [0.3, 0.4) is 0 Å². The summed E-state index contributed by atoms with van der Waals surface area (Å²) >= 11 is 0. The largest absolute Gasteiger partial charge is 0.459 e. The number of amides is 1. The minimum absolute atomic E-state index is 0.0350. The Morgan fingerprint density at radius 3 is 2.53 bits per heavy atom. The van der Waals surface area contributed by atoms with Crippen LogP contribution in [0.5, 0.6) is 0 Å². The number of oxime groups is 1. The zero-order valence-corrected chi connectivity index (χ0v) is 34.9. The molecule has 0 aliphatic carbocycles. The third kappa shape index (κ3) is 11.7. The average molecular weight is 800 g/mol. The van der Waals surface area contributed by atoms with Gasteiger partial charge in [0.1, 0.15) is 41.0 Å². The highest BCUT2D eigenvalue weighted by Gasteiger charge is 2.51. The fourth-order valence-electron chi connectivity index (χ4n) is 7.82. The number of Topliss-reactive ketones (excluding diaryl/α,β-unsaturated/α-hetero) is 1. The number of carbonyl (C=O) groups is 3. The molecule has 3 fully saturated rings. The van der Waals surface area contributed by atoms with Crippen LogP contribution in [-0.2, 0) is 42.9 Å². The van der Waals surface area contributed by atoms with Gasteiger partial charge in [-0.05, 0) is 85.0 Å². The predicted molar refractivity (Wildman–Crippen MR) is 211 cm³/mol. The number of likely N-dealkylation sites (N-methyl/N-ethyl adjacent to an activating group) is 1. The maximum atomic E-state index is 14.4. The van der Waals surface area contributed by atoms with Crippen molar-refractivity contribution < 1.29 is 53.1 Å². The fourth-order valence-corrected chi connectivity index (χ4v) is 7.82. The Kier molecular flexibility index (Phi) is 15.9. The minimum Gasteiger partial charge on any atom is -0.459 e. The fraction of sp³-hybridized carbons (Fsp3) is 0.707. The van der Waals surface area contributed by atoms with E-state index in [4.69, 9.17) is 34.3 Å². The van der Waals surface area contributed by atoms with Gasteiger partial charge in [-0.25, -0.2) is 9.98 Å². The number of aliphatic hydroxyl groups excluding tert-OH is 1. The number of aliphatic imine (C=N–C) groups is 1. The first-order chi connectivity index (χ1) is 26.8. The van der Waals surface area contributed by atoms with Gasteiger partial charge in [0.15, 0.2) is 18.7 Å². The van der Waals surface area contributed by atoms with Gasteiger partial charge in [-0.2, -0.15) is 0 Å². The van der Waals surface area contributed by atoms with Gasteiger partial charge < -0.3 is 49.4 Å². The van der Waals surface area contributed by atoms with Crippen LogP contribution in [0, 0.1) is 29.6 Å². The number of nitrogens with two attached hydrogens (primary N) is 1. The number of ketones is 1. The van der Waals surface area contributed by atoms with Crippen molar-refractivity contribution >= 4 is 34.9 Å². The summed E-state index contributed by atoms with van der Waals surface area (Å²) in [6, 6.07) is 4.77. The van der Waals surface area contributed by atoms with E-state index in [0.717, 1.165) is 0 Å². The molecule has 316 valence electrons. The van der Waals surface area contributed by atoms with Gasteiger partial charge in [-0.1, -0.05) is 37.9 Å². The monoisotopic (exact) mass is 799 g/mol. The molecule has 57 heavy (non-hydrogen) atoms. The maximum absolute atomic E-state index is 14.4. The summed E-state index contributed by atoms with van der Waals surface area (Å²) < 4.78 is 32.0. The molecule has 16 heteroatoms. The lowest BCUT2D eigenvalue weighted by Gasteiger charge is -2.47. The Bertz CT molecular complexity index is 1710. The Morgan fingerprint density at radius 1 is 1.16 bits per heavy atom. The van der Waals surface area contributed by atoms with Crippen molar-refractivity contribution in [2.45, 2.75) is 135 Å². The van der Waals surface area contributed by atoms with Gasteiger partial charge in [0.05, 0.1) is 37.1 Å². The number of anilines is 1. The lowest BCUT2D eigenvalue weighted by atomic mass is 9.76. The highest BCUT2D eigenvalue weighted by molar-refractivity contribution is 6.00. The molecule has 0 spiro atoms. The number of aromatic nitrogens is 1. The molecule has 4 heterocycles. The summed E-state index contributed by atoms with van der Waals surface area (Å²) in [4.78, 5) is 56.8. The van der Waals surface area contributed by atoms with E-state index in [9.17, 15) is 24.6 Å². The molecule has 0 unspecified atom stereocenters. The van der Waals surface area contributed by atoms with E-state index in [1.807, 2.05) is 32.8 Å². The highest BCUT2D eigenvalue weighted by atomic mass is 16.7. The molecular weight excluding hydrogens is 738 g/mol. The number of fused-ring (bicyclic) bond motifs is 5. The number of cyclic esters (lactones) is 1. The molecule has 3 aliphatic rings. The molecule has 1 aromatic rings. The molecule has 0 saturated carbocycles. The molecule has 16 nitrogen and oxygen atoms in total. The number of hydrogen-bond donors (Lipinski definition) is 3. The first kappa shape index (κ1) is 45.9. The summed E-state index contributed by atoms with van der Waals surface area (Å²) in [7, 11) is 3.71. The van der Waals surface area contributed by atoms with Gasteiger partial charge in [0.25, 0.3) is 0 Å². The molecule has 0 aromatic carbocycles. The lowest BCUT2D eigenvalue weighted by Crippen LogP contribution is -2.59. The quantitative estimate of drug-likeness (QED) is 0.124. The van der Waals surface area contributed by atoms with Crippen LogP contribution in [0.2, 0.25) is 0 Å². The van der Waals surface area contributed by atoms with Crippen molar-refractivity contribution in [3.05, 3.63) is 23.9 Å². The van der Waals surface area contributed by atoms with E-state index in [-0.39, 0.29) is 56.9 Å². The van der Waals surface area contributed by atoms with Gasteiger partial charge in [0.2, 0.25) is 5.91 Å². The molecular formula is C41H61N5O11. The van der Waals surface area contributed by atoms with Gasteiger partial charge >= 0.3 is 5.97 Å². The molecule has 4 N–H and O–H groups in total. The van der Waals surface area contributed by atoms with Gasteiger partial charge in [-0.15, -0.1) is 0 Å². The van der Waals surface area contributed by atoms with E-state index in [1.54, 1.807) is 39.0 Å². The number of hydrogen-bond acceptors (Lipinski definition) is 15. The molecule has 1 amide bonds. The minimum atomic E-state index is -1.83. The van der Waals surface area contributed by atoms with Crippen LogP contribution in [0.25, 0.3) is 0 Å². The normalized spacial score (nSPS) is 37.4. The van der Waals surface area contributed by atoms with Crippen LogP contribution in [0.15, 0.2) is 28.3 Å². The second-order valence-corrected chi connectivity index (χ2v) is 16.1. The Balaban J connectivity index is 1.87. The highest BCUT2D eigenvalue weighted by Crippen LogP contribution is 2.39. The third-order valence-corrected chi connectivity index (χ3v) is 11.1. The number of aliphatic hydroxyl groups is 2. The molecule has 12 atom stereocenters. The number of carbonyl (C=O) groups excluding carboxylic acids is 3. The van der Waals surface area contributed by atoms with E-state index < -0.39 is 77.3 Å². The van der Waals surface area contributed by atoms with Crippen LogP contribution in [0.4, 0.5) is 5.82 Å². The van der Waals surface area contributed by atoms with Gasteiger partial charge in [0, 0.05) is 31.0 Å². The lowest BCUT2D eigenvalue weighted by molar-refractivity contribution is -0.296.